The van der Waals surface area contributed by atoms with Crippen LogP contribution in [-0.4, -0.2) is 17.6 Å². The van der Waals surface area contributed by atoms with E-state index in [1.54, 1.807) is 0 Å². The Morgan fingerprint density at radius 3 is 3.06 bits per heavy atom. The van der Waals surface area contributed by atoms with Crippen LogP contribution in [0.15, 0.2) is 30.5 Å². The average molecular weight is 217 g/mol. The number of rotatable bonds is 5. The Labute approximate surface area is 96.0 Å². The highest BCUT2D eigenvalue weighted by Crippen LogP contribution is 2.16. The number of aromatic amines is 1. The Morgan fingerprint density at radius 1 is 1.38 bits per heavy atom. The molecule has 0 aliphatic rings. The lowest BCUT2D eigenvalue weighted by Gasteiger charge is -2.13. The Bertz CT molecular complexity index is 447. The predicted octanol–water partition coefficient (Wildman–Crippen LogP) is 1.99. The van der Waals surface area contributed by atoms with Crippen molar-refractivity contribution in [1.82, 2.24) is 10.3 Å². The molecule has 3 nitrogen and oxygen atoms in total. The summed E-state index contributed by atoms with van der Waals surface area (Å²) in [5.74, 6) is 0. The van der Waals surface area contributed by atoms with Crippen molar-refractivity contribution in [2.75, 3.05) is 6.54 Å². The van der Waals surface area contributed by atoms with Gasteiger partial charge in [0.25, 0.3) is 0 Å². The molecule has 0 fully saturated rings. The van der Waals surface area contributed by atoms with E-state index in [1.165, 1.54) is 16.5 Å². The maximum atomic E-state index is 5.53. The van der Waals surface area contributed by atoms with E-state index in [1.807, 2.05) is 6.20 Å². The van der Waals surface area contributed by atoms with Crippen molar-refractivity contribution in [3.63, 3.8) is 0 Å². The fourth-order valence-corrected chi connectivity index (χ4v) is 1.93. The molecule has 1 aromatic heterocycles. The lowest BCUT2D eigenvalue weighted by molar-refractivity contribution is 0.521. The quantitative estimate of drug-likeness (QED) is 0.717. The summed E-state index contributed by atoms with van der Waals surface area (Å²) >= 11 is 0. The van der Waals surface area contributed by atoms with Crippen molar-refractivity contribution in [2.45, 2.75) is 25.9 Å². The van der Waals surface area contributed by atoms with Gasteiger partial charge in [-0.2, -0.15) is 0 Å². The van der Waals surface area contributed by atoms with Crippen LogP contribution in [0.3, 0.4) is 0 Å². The van der Waals surface area contributed by atoms with Crippen molar-refractivity contribution in [2.24, 2.45) is 5.73 Å². The number of benzene rings is 1. The summed E-state index contributed by atoms with van der Waals surface area (Å²) in [5, 5.41) is 4.75. The van der Waals surface area contributed by atoms with Crippen molar-refractivity contribution in [3.05, 3.63) is 36.0 Å². The molecule has 0 spiro atoms. The first-order valence-electron chi connectivity index (χ1n) is 5.79. The summed E-state index contributed by atoms with van der Waals surface area (Å²) in [7, 11) is 0. The van der Waals surface area contributed by atoms with Crippen molar-refractivity contribution in [3.8, 4) is 0 Å². The molecule has 1 aromatic carbocycles. The smallest absolute Gasteiger partial charge is 0.0499 e. The first kappa shape index (κ1) is 11.2. The maximum Gasteiger partial charge on any atom is 0.0499 e. The number of nitrogens with two attached hydrogens (primary N) is 1. The van der Waals surface area contributed by atoms with Gasteiger partial charge in [-0.15, -0.1) is 0 Å². The number of H-pyrrole nitrogens is 1. The van der Waals surface area contributed by atoms with E-state index in [2.05, 4.69) is 41.5 Å². The van der Waals surface area contributed by atoms with Crippen molar-refractivity contribution >= 4 is 10.9 Å². The largest absolute Gasteiger partial charge is 0.361 e. The third-order valence-corrected chi connectivity index (χ3v) is 2.91. The van der Waals surface area contributed by atoms with Gasteiger partial charge in [0.05, 0.1) is 0 Å². The topological polar surface area (TPSA) is 53.8 Å². The first-order chi connectivity index (χ1) is 7.81. The Hall–Kier alpha value is -1.32. The second-order valence-electron chi connectivity index (χ2n) is 4.22. The van der Waals surface area contributed by atoms with Gasteiger partial charge in [0.15, 0.2) is 0 Å². The van der Waals surface area contributed by atoms with Crippen LogP contribution in [0.25, 0.3) is 10.9 Å². The van der Waals surface area contributed by atoms with E-state index in [9.17, 15) is 0 Å². The van der Waals surface area contributed by atoms with Crippen molar-refractivity contribution < 1.29 is 0 Å². The third kappa shape index (κ3) is 2.43. The number of hydrogen-bond donors (Lipinski definition) is 3. The zero-order valence-corrected chi connectivity index (χ0v) is 9.66. The molecule has 1 atom stereocenters. The minimum Gasteiger partial charge on any atom is -0.361 e. The van der Waals surface area contributed by atoms with E-state index in [0.717, 1.165) is 19.5 Å². The lowest BCUT2D eigenvalue weighted by Crippen LogP contribution is -2.27. The van der Waals surface area contributed by atoms with Gasteiger partial charge in [-0.25, -0.2) is 0 Å². The van der Waals surface area contributed by atoms with Crippen LogP contribution < -0.4 is 11.1 Å². The number of fused-ring (bicyclic) bond motifs is 1. The predicted molar refractivity (Wildman–Crippen MR) is 68.3 cm³/mol. The molecular weight excluding hydrogens is 198 g/mol. The number of para-hydroxylation sites is 1. The van der Waals surface area contributed by atoms with E-state index >= 15 is 0 Å². The standard InChI is InChI=1S/C13H19N3/c1-10(5-7-14)16-9-12-4-2-3-11-6-8-15-13(11)12/h2-4,6,8,10,15-16H,5,7,9,14H2,1H3. The van der Waals surface area contributed by atoms with Gasteiger partial charge in [0.1, 0.15) is 0 Å². The normalized spacial score (nSPS) is 13.1. The summed E-state index contributed by atoms with van der Waals surface area (Å²) < 4.78 is 0. The molecule has 4 N–H and O–H groups in total. The van der Waals surface area contributed by atoms with Gasteiger partial charge in [-0.3, -0.25) is 0 Å². The van der Waals surface area contributed by atoms with Gasteiger partial charge in [-0.1, -0.05) is 18.2 Å². The van der Waals surface area contributed by atoms with E-state index < -0.39 is 0 Å². The monoisotopic (exact) mass is 217 g/mol. The number of nitrogens with one attached hydrogen (secondary N) is 2. The molecule has 1 heterocycles. The Kier molecular flexibility index (Phi) is 3.59. The SMILES string of the molecule is CC(CCN)NCc1cccc2cc[nH]c12. The molecule has 86 valence electrons. The first-order valence-corrected chi connectivity index (χ1v) is 5.79. The molecule has 3 heteroatoms. The lowest BCUT2D eigenvalue weighted by atomic mass is 10.1. The molecule has 0 bridgehead atoms. The fourth-order valence-electron chi connectivity index (χ4n) is 1.93. The summed E-state index contributed by atoms with van der Waals surface area (Å²) in [5.41, 5.74) is 8.07. The molecule has 0 aliphatic carbocycles. The number of hydrogen-bond acceptors (Lipinski definition) is 2. The highest BCUT2D eigenvalue weighted by atomic mass is 14.9. The second-order valence-corrected chi connectivity index (χ2v) is 4.22. The fraction of sp³-hybridized carbons (Fsp3) is 0.385. The molecule has 0 saturated heterocycles. The molecular formula is C13H19N3. The van der Waals surface area contributed by atoms with Crippen LogP contribution in [0.5, 0.6) is 0 Å². The van der Waals surface area contributed by atoms with E-state index in [4.69, 9.17) is 5.73 Å². The summed E-state index contributed by atoms with van der Waals surface area (Å²) in [6.45, 7) is 3.79. The minimum absolute atomic E-state index is 0.468. The summed E-state index contributed by atoms with van der Waals surface area (Å²) in [4.78, 5) is 3.28. The van der Waals surface area contributed by atoms with E-state index in [0.29, 0.717) is 6.04 Å². The molecule has 2 rings (SSSR count). The van der Waals surface area contributed by atoms with Gasteiger partial charge in [0, 0.05) is 24.3 Å². The van der Waals surface area contributed by atoms with Crippen LogP contribution in [-0.2, 0) is 6.54 Å². The maximum absolute atomic E-state index is 5.53. The highest BCUT2D eigenvalue weighted by molar-refractivity contribution is 5.82. The van der Waals surface area contributed by atoms with Gasteiger partial charge >= 0.3 is 0 Å². The van der Waals surface area contributed by atoms with Gasteiger partial charge in [0.2, 0.25) is 0 Å². The minimum atomic E-state index is 0.468. The highest BCUT2D eigenvalue weighted by Gasteiger charge is 2.03. The zero-order valence-electron chi connectivity index (χ0n) is 9.66. The Morgan fingerprint density at radius 2 is 2.25 bits per heavy atom. The molecule has 0 saturated carbocycles. The van der Waals surface area contributed by atoms with E-state index in [-0.39, 0.29) is 0 Å². The van der Waals surface area contributed by atoms with Crippen LogP contribution in [0, 0.1) is 0 Å². The molecule has 0 aliphatic heterocycles. The third-order valence-electron chi connectivity index (χ3n) is 2.91. The van der Waals surface area contributed by atoms with Gasteiger partial charge in [-0.05, 0) is 36.9 Å². The zero-order chi connectivity index (χ0) is 11.4. The van der Waals surface area contributed by atoms with Crippen LogP contribution >= 0.6 is 0 Å². The summed E-state index contributed by atoms with van der Waals surface area (Å²) in [6, 6.07) is 8.94. The van der Waals surface area contributed by atoms with Gasteiger partial charge < -0.3 is 16.0 Å². The van der Waals surface area contributed by atoms with Crippen LogP contribution in [0.2, 0.25) is 0 Å². The molecule has 2 aromatic rings. The summed E-state index contributed by atoms with van der Waals surface area (Å²) in [6.07, 6.45) is 3.00. The second kappa shape index (κ2) is 5.14. The molecule has 0 amide bonds. The number of aromatic nitrogens is 1. The molecule has 16 heavy (non-hydrogen) atoms. The molecule has 1 unspecified atom stereocenters. The van der Waals surface area contributed by atoms with Crippen LogP contribution in [0.4, 0.5) is 0 Å². The van der Waals surface area contributed by atoms with Crippen LogP contribution in [0.1, 0.15) is 18.9 Å². The Balaban J connectivity index is 2.06. The van der Waals surface area contributed by atoms with Crippen molar-refractivity contribution in [1.29, 1.82) is 0 Å². The molecule has 0 radical (unpaired) electrons. The average Bonchev–Trinajstić information content (AvgIpc) is 2.75.